The van der Waals surface area contributed by atoms with Crippen molar-refractivity contribution in [3.8, 4) is 0 Å². The molecule has 25 heavy (non-hydrogen) atoms. The van der Waals surface area contributed by atoms with Crippen molar-refractivity contribution in [3.05, 3.63) is 77.2 Å². The van der Waals surface area contributed by atoms with Crippen LogP contribution < -0.4 is 10.6 Å². The fourth-order valence-electron chi connectivity index (χ4n) is 2.39. The summed E-state index contributed by atoms with van der Waals surface area (Å²) in [5.74, 6) is 0.211. The highest BCUT2D eigenvalue weighted by Gasteiger charge is 2.11. The van der Waals surface area contributed by atoms with Gasteiger partial charge >= 0.3 is 0 Å². The Hall–Kier alpha value is -2.92. The minimum absolute atomic E-state index is 0.256. The molecule has 0 unspecified atom stereocenters. The van der Waals surface area contributed by atoms with Crippen molar-refractivity contribution in [2.24, 2.45) is 0 Å². The maximum absolute atomic E-state index is 12.4. The van der Waals surface area contributed by atoms with Crippen LogP contribution in [0.2, 0.25) is 5.02 Å². The molecule has 0 fully saturated rings. The Kier molecular flexibility index (Phi) is 5.26. The zero-order valence-electron chi connectivity index (χ0n) is 13.7. The third-order valence-electron chi connectivity index (χ3n) is 3.68. The second-order valence-corrected chi connectivity index (χ2v) is 5.77. The molecule has 0 aliphatic rings. The summed E-state index contributed by atoms with van der Waals surface area (Å²) >= 11 is 6.07. The number of rotatable bonds is 5. The smallest absolute Gasteiger partial charge is 0.274 e. The van der Waals surface area contributed by atoms with Crippen molar-refractivity contribution < 1.29 is 4.79 Å². The fourth-order valence-corrected chi connectivity index (χ4v) is 2.57. The third kappa shape index (κ3) is 4.14. The van der Waals surface area contributed by atoms with E-state index in [2.05, 4.69) is 33.6 Å². The van der Waals surface area contributed by atoms with Crippen molar-refractivity contribution in [1.29, 1.82) is 0 Å². The molecule has 0 radical (unpaired) electrons. The van der Waals surface area contributed by atoms with Gasteiger partial charge in [-0.15, -0.1) is 0 Å². The van der Waals surface area contributed by atoms with Crippen LogP contribution in [-0.4, -0.2) is 15.9 Å². The molecule has 3 rings (SSSR count). The van der Waals surface area contributed by atoms with Crippen LogP contribution in [0.4, 0.5) is 17.2 Å². The largest absolute Gasteiger partial charge is 0.340 e. The van der Waals surface area contributed by atoms with Gasteiger partial charge in [0.2, 0.25) is 0 Å². The van der Waals surface area contributed by atoms with Gasteiger partial charge in [-0.25, -0.2) is 9.97 Å². The summed E-state index contributed by atoms with van der Waals surface area (Å²) in [6.45, 7) is 2.09. The lowest BCUT2D eigenvalue weighted by molar-refractivity contribution is 0.102. The van der Waals surface area contributed by atoms with Crippen molar-refractivity contribution >= 4 is 34.7 Å². The van der Waals surface area contributed by atoms with Crippen LogP contribution in [0.1, 0.15) is 23.0 Å². The van der Waals surface area contributed by atoms with E-state index in [1.54, 1.807) is 30.3 Å². The van der Waals surface area contributed by atoms with Gasteiger partial charge in [-0.3, -0.25) is 4.79 Å². The first-order chi connectivity index (χ1) is 12.2. The lowest BCUT2D eigenvalue weighted by Crippen LogP contribution is -2.14. The van der Waals surface area contributed by atoms with Gasteiger partial charge in [-0.2, -0.15) is 0 Å². The molecular formula is C19H17ClN4O. The normalized spacial score (nSPS) is 10.3. The van der Waals surface area contributed by atoms with Crippen LogP contribution in [0, 0.1) is 0 Å². The molecule has 0 atom stereocenters. The molecule has 0 spiro atoms. The molecule has 126 valence electrons. The van der Waals surface area contributed by atoms with Crippen LogP contribution in [0.25, 0.3) is 0 Å². The molecule has 2 N–H and O–H groups in total. The lowest BCUT2D eigenvalue weighted by Gasteiger charge is -2.11. The zero-order chi connectivity index (χ0) is 17.6. The molecule has 0 aliphatic heterocycles. The predicted octanol–water partition coefficient (Wildman–Crippen LogP) is 4.69. The molecule has 0 aliphatic carbocycles. The van der Waals surface area contributed by atoms with Crippen LogP contribution in [-0.2, 0) is 6.42 Å². The second-order valence-electron chi connectivity index (χ2n) is 5.36. The monoisotopic (exact) mass is 352 g/mol. The van der Waals surface area contributed by atoms with E-state index in [0.29, 0.717) is 16.5 Å². The Labute approximate surface area is 151 Å². The van der Waals surface area contributed by atoms with Gasteiger partial charge in [0.25, 0.3) is 5.91 Å². The molecule has 0 saturated heterocycles. The molecule has 3 aromatic rings. The molecule has 0 bridgehead atoms. The summed E-state index contributed by atoms with van der Waals surface area (Å²) < 4.78 is 0. The maximum atomic E-state index is 12.4. The number of aromatic nitrogens is 2. The first-order valence-electron chi connectivity index (χ1n) is 7.90. The number of carbonyl (C=O) groups excluding carboxylic acids is 1. The van der Waals surface area contributed by atoms with Gasteiger partial charge in [-0.05, 0) is 30.2 Å². The number of para-hydroxylation sites is 2. The average molecular weight is 353 g/mol. The van der Waals surface area contributed by atoms with Crippen molar-refractivity contribution in [2.45, 2.75) is 13.3 Å². The minimum Gasteiger partial charge on any atom is -0.340 e. The first-order valence-corrected chi connectivity index (χ1v) is 8.28. The van der Waals surface area contributed by atoms with Crippen molar-refractivity contribution in [1.82, 2.24) is 9.97 Å². The number of benzene rings is 2. The summed E-state index contributed by atoms with van der Waals surface area (Å²) in [4.78, 5) is 20.6. The van der Waals surface area contributed by atoms with Gasteiger partial charge in [0.15, 0.2) is 0 Å². The maximum Gasteiger partial charge on any atom is 0.274 e. The fraction of sp³-hybridized carbons (Fsp3) is 0.105. The lowest BCUT2D eigenvalue weighted by atomic mass is 10.1. The number of nitrogens with one attached hydrogen (secondary N) is 2. The molecule has 1 aromatic heterocycles. The number of hydrogen-bond donors (Lipinski definition) is 2. The Morgan fingerprint density at radius 2 is 1.76 bits per heavy atom. The Morgan fingerprint density at radius 1 is 1.04 bits per heavy atom. The van der Waals surface area contributed by atoms with E-state index in [1.807, 2.05) is 18.2 Å². The summed E-state index contributed by atoms with van der Waals surface area (Å²) in [6, 6.07) is 16.6. The van der Waals surface area contributed by atoms with Gasteiger partial charge in [0.05, 0.1) is 10.7 Å². The summed E-state index contributed by atoms with van der Waals surface area (Å²) in [7, 11) is 0. The average Bonchev–Trinajstić information content (AvgIpc) is 2.64. The quantitative estimate of drug-likeness (QED) is 0.699. The van der Waals surface area contributed by atoms with E-state index < -0.39 is 0 Å². The number of halogens is 1. The summed E-state index contributed by atoms with van der Waals surface area (Å²) in [6.07, 6.45) is 2.26. The van der Waals surface area contributed by atoms with E-state index in [0.717, 1.165) is 12.1 Å². The summed E-state index contributed by atoms with van der Waals surface area (Å²) in [5.41, 5.74) is 2.93. The number of carbonyl (C=O) groups is 1. The third-order valence-corrected chi connectivity index (χ3v) is 4.01. The van der Waals surface area contributed by atoms with Gasteiger partial charge in [0.1, 0.15) is 17.8 Å². The van der Waals surface area contributed by atoms with Crippen LogP contribution in [0.5, 0.6) is 0 Å². The standard InChI is InChI=1S/C19H17ClN4O/c1-2-13-7-3-5-9-15(13)23-18-11-17(21-12-22-18)19(25)24-16-10-6-4-8-14(16)20/h3-12H,2H2,1H3,(H,24,25)(H,21,22,23). The van der Waals surface area contributed by atoms with E-state index in [9.17, 15) is 4.79 Å². The van der Waals surface area contributed by atoms with E-state index in [4.69, 9.17) is 11.6 Å². The molecule has 0 saturated carbocycles. The van der Waals surface area contributed by atoms with Crippen molar-refractivity contribution in [2.75, 3.05) is 10.6 Å². The molecule has 5 nitrogen and oxygen atoms in total. The highest BCUT2D eigenvalue weighted by atomic mass is 35.5. The second kappa shape index (κ2) is 7.77. The van der Waals surface area contributed by atoms with Crippen LogP contribution in [0.15, 0.2) is 60.9 Å². The molecule has 2 aromatic carbocycles. The highest BCUT2D eigenvalue weighted by molar-refractivity contribution is 6.33. The molecule has 6 heteroatoms. The van der Waals surface area contributed by atoms with Gasteiger partial charge < -0.3 is 10.6 Å². The number of aryl methyl sites for hydroxylation is 1. The van der Waals surface area contributed by atoms with E-state index in [1.165, 1.54) is 11.9 Å². The Morgan fingerprint density at radius 3 is 2.52 bits per heavy atom. The predicted molar refractivity (Wildman–Crippen MR) is 101 cm³/mol. The molecular weight excluding hydrogens is 336 g/mol. The topological polar surface area (TPSA) is 66.9 Å². The zero-order valence-corrected chi connectivity index (χ0v) is 14.4. The first kappa shape index (κ1) is 16.9. The SMILES string of the molecule is CCc1ccccc1Nc1cc(C(=O)Nc2ccccc2Cl)ncn1. The van der Waals surface area contributed by atoms with Crippen LogP contribution in [0.3, 0.4) is 0 Å². The van der Waals surface area contributed by atoms with Crippen LogP contribution >= 0.6 is 11.6 Å². The number of nitrogens with zero attached hydrogens (tertiary/aromatic N) is 2. The van der Waals surface area contributed by atoms with Gasteiger partial charge in [-0.1, -0.05) is 48.9 Å². The van der Waals surface area contributed by atoms with Gasteiger partial charge in [0, 0.05) is 11.8 Å². The molecule has 1 heterocycles. The Balaban J connectivity index is 1.79. The highest BCUT2D eigenvalue weighted by Crippen LogP contribution is 2.22. The van der Waals surface area contributed by atoms with E-state index in [-0.39, 0.29) is 11.6 Å². The Bertz CT molecular complexity index is 898. The number of hydrogen-bond acceptors (Lipinski definition) is 4. The number of amides is 1. The minimum atomic E-state index is -0.345. The van der Waals surface area contributed by atoms with E-state index >= 15 is 0 Å². The van der Waals surface area contributed by atoms with Crippen molar-refractivity contribution in [3.63, 3.8) is 0 Å². The molecule has 1 amide bonds. The number of anilines is 3. The summed E-state index contributed by atoms with van der Waals surface area (Å²) in [5, 5.41) is 6.46.